The summed E-state index contributed by atoms with van der Waals surface area (Å²) in [5, 5.41) is 2.83. The first-order valence-electron chi connectivity index (χ1n) is 9.20. The number of nitrogens with one attached hydrogen (secondary N) is 1. The van der Waals surface area contributed by atoms with Gasteiger partial charge in [-0.1, -0.05) is 12.1 Å². The minimum absolute atomic E-state index is 0.130. The minimum Gasteiger partial charge on any atom is -0.496 e. The minimum atomic E-state index is -4.43. The molecule has 0 bridgehead atoms. The molecule has 0 spiro atoms. The molecule has 0 unspecified atom stereocenters. The zero-order chi connectivity index (χ0) is 21.0. The maximum Gasteiger partial charge on any atom is 0.416 e. The van der Waals surface area contributed by atoms with E-state index in [9.17, 15) is 22.8 Å². The van der Waals surface area contributed by atoms with E-state index in [-0.39, 0.29) is 17.5 Å². The van der Waals surface area contributed by atoms with Gasteiger partial charge in [0.15, 0.2) is 0 Å². The zero-order valence-electron chi connectivity index (χ0n) is 15.8. The highest BCUT2D eigenvalue weighted by atomic mass is 19.4. The lowest BCUT2D eigenvalue weighted by Crippen LogP contribution is -2.46. The molecule has 1 aliphatic rings. The third kappa shape index (κ3) is 4.88. The highest BCUT2D eigenvalue weighted by Gasteiger charge is 2.30. The molecule has 2 aromatic rings. The average Bonchev–Trinajstić information content (AvgIpc) is 2.73. The monoisotopic (exact) mass is 406 g/mol. The number of para-hydroxylation sites is 1. The highest BCUT2D eigenvalue weighted by molar-refractivity contribution is 5.97. The molecule has 5 nitrogen and oxygen atoms in total. The fraction of sp³-hybridized carbons (Fsp3) is 0.333. The van der Waals surface area contributed by atoms with Crippen molar-refractivity contribution in [3.05, 3.63) is 65.2 Å². The number of ether oxygens (including phenoxy) is 1. The Morgan fingerprint density at radius 3 is 2.24 bits per heavy atom. The molecule has 2 amide bonds. The molecule has 0 aliphatic carbocycles. The molecule has 1 N–H and O–H groups in total. The fourth-order valence-electron chi connectivity index (χ4n) is 3.30. The van der Waals surface area contributed by atoms with E-state index in [0.717, 1.165) is 12.1 Å². The van der Waals surface area contributed by atoms with E-state index < -0.39 is 17.6 Å². The summed E-state index contributed by atoms with van der Waals surface area (Å²) in [7, 11) is 1.51. The molecule has 1 saturated heterocycles. The van der Waals surface area contributed by atoms with Crippen molar-refractivity contribution in [2.75, 3.05) is 20.2 Å². The van der Waals surface area contributed by atoms with E-state index in [1.165, 1.54) is 19.2 Å². The Morgan fingerprint density at radius 1 is 1.03 bits per heavy atom. The van der Waals surface area contributed by atoms with E-state index in [1.807, 2.05) is 0 Å². The summed E-state index contributed by atoms with van der Waals surface area (Å²) in [5.74, 6) is -0.0431. The normalized spacial score (nSPS) is 15.1. The van der Waals surface area contributed by atoms with Crippen LogP contribution < -0.4 is 10.1 Å². The number of rotatable bonds is 4. The number of nitrogens with zero attached hydrogens (tertiary/aromatic N) is 1. The molecular weight excluding hydrogens is 385 g/mol. The average molecular weight is 406 g/mol. The Bertz CT molecular complexity index is 873. The van der Waals surface area contributed by atoms with Gasteiger partial charge in [-0.05, 0) is 49.2 Å². The quantitative estimate of drug-likeness (QED) is 0.842. The third-order valence-corrected chi connectivity index (χ3v) is 4.93. The lowest BCUT2D eigenvalue weighted by atomic mass is 10.0. The number of methoxy groups -OCH3 is 1. The predicted octanol–water partition coefficient (Wildman–Crippen LogP) is 3.75. The van der Waals surface area contributed by atoms with Gasteiger partial charge in [0.05, 0.1) is 18.2 Å². The Kier molecular flexibility index (Phi) is 6.10. The molecule has 1 fully saturated rings. The second-order valence-corrected chi connectivity index (χ2v) is 6.82. The van der Waals surface area contributed by atoms with Crippen LogP contribution in [-0.4, -0.2) is 43.0 Å². The molecule has 1 aliphatic heterocycles. The largest absolute Gasteiger partial charge is 0.496 e. The van der Waals surface area contributed by atoms with Crippen LogP contribution in [0.5, 0.6) is 5.75 Å². The second kappa shape index (κ2) is 8.55. The molecule has 0 saturated carbocycles. The number of piperidine rings is 1. The van der Waals surface area contributed by atoms with E-state index in [2.05, 4.69) is 5.32 Å². The molecule has 0 atom stereocenters. The summed E-state index contributed by atoms with van der Waals surface area (Å²) >= 11 is 0. The topological polar surface area (TPSA) is 58.6 Å². The number of benzene rings is 2. The first kappa shape index (κ1) is 20.7. The van der Waals surface area contributed by atoms with Crippen LogP contribution in [0, 0.1) is 0 Å². The van der Waals surface area contributed by atoms with Crippen molar-refractivity contribution in [1.29, 1.82) is 0 Å². The molecular formula is C21H21F3N2O3. The van der Waals surface area contributed by atoms with Gasteiger partial charge < -0.3 is 15.0 Å². The molecule has 1 heterocycles. The molecule has 2 aromatic carbocycles. The van der Waals surface area contributed by atoms with Gasteiger partial charge in [0.25, 0.3) is 11.8 Å². The van der Waals surface area contributed by atoms with E-state index >= 15 is 0 Å². The molecule has 8 heteroatoms. The third-order valence-electron chi connectivity index (χ3n) is 4.93. The van der Waals surface area contributed by atoms with Crippen LogP contribution >= 0.6 is 0 Å². The van der Waals surface area contributed by atoms with Gasteiger partial charge in [-0.3, -0.25) is 9.59 Å². The van der Waals surface area contributed by atoms with E-state index in [4.69, 9.17) is 4.74 Å². The summed E-state index contributed by atoms with van der Waals surface area (Å²) in [6.45, 7) is 0.934. The SMILES string of the molecule is COc1ccccc1C(=O)N1CCC(NC(=O)c2ccc(C(F)(F)F)cc2)CC1. The number of amides is 2. The van der Waals surface area contributed by atoms with E-state index in [0.29, 0.717) is 37.2 Å². The number of carbonyl (C=O) groups excluding carboxylic acids is 2. The van der Waals surface area contributed by atoms with Crippen molar-refractivity contribution < 1.29 is 27.5 Å². The summed E-state index contributed by atoms with van der Waals surface area (Å²) in [6, 6.07) is 11.0. The number of likely N-dealkylation sites (tertiary alicyclic amines) is 1. The van der Waals surface area contributed by atoms with Gasteiger partial charge in [0, 0.05) is 24.7 Å². The summed E-state index contributed by atoms with van der Waals surface area (Å²) in [6.07, 6.45) is -3.31. The first-order valence-corrected chi connectivity index (χ1v) is 9.20. The first-order chi connectivity index (χ1) is 13.8. The number of carbonyl (C=O) groups is 2. The van der Waals surface area contributed by atoms with Gasteiger partial charge in [-0.2, -0.15) is 13.2 Å². The maximum absolute atomic E-state index is 12.7. The lowest BCUT2D eigenvalue weighted by Gasteiger charge is -2.32. The van der Waals surface area contributed by atoms with Crippen molar-refractivity contribution in [3.8, 4) is 5.75 Å². The van der Waals surface area contributed by atoms with Crippen molar-refractivity contribution in [2.45, 2.75) is 25.1 Å². The van der Waals surface area contributed by atoms with Crippen LogP contribution in [-0.2, 0) is 6.18 Å². The zero-order valence-corrected chi connectivity index (χ0v) is 15.8. The predicted molar refractivity (Wildman–Crippen MR) is 101 cm³/mol. The van der Waals surface area contributed by atoms with Crippen LogP contribution in [0.3, 0.4) is 0 Å². The van der Waals surface area contributed by atoms with Crippen molar-refractivity contribution in [1.82, 2.24) is 10.2 Å². The molecule has 29 heavy (non-hydrogen) atoms. The van der Waals surface area contributed by atoms with Crippen molar-refractivity contribution in [2.24, 2.45) is 0 Å². The van der Waals surface area contributed by atoms with Crippen molar-refractivity contribution in [3.63, 3.8) is 0 Å². The van der Waals surface area contributed by atoms with Crippen LogP contribution in [0.4, 0.5) is 13.2 Å². The van der Waals surface area contributed by atoms with Crippen LogP contribution in [0.1, 0.15) is 39.1 Å². The Morgan fingerprint density at radius 2 is 1.66 bits per heavy atom. The van der Waals surface area contributed by atoms with Gasteiger partial charge in [-0.15, -0.1) is 0 Å². The van der Waals surface area contributed by atoms with Gasteiger partial charge in [-0.25, -0.2) is 0 Å². The van der Waals surface area contributed by atoms with E-state index in [1.54, 1.807) is 29.2 Å². The number of hydrogen-bond acceptors (Lipinski definition) is 3. The second-order valence-electron chi connectivity index (χ2n) is 6.82. The smallest absolute Gasteiger partial charge is 0.416 e. The summed E-state index contributed by atoms with van der Waals surface area (Å²) < 4.78 is 43.1. The number of halogens is 3. The van der Waals surface area contributed by atoms with Crippen molar-refractivity contribution >= 4 is 11.8 Å². The highest BCUT2D eigenvalue weighted by Crippen LogP contribution is 2.29. The molecule has 0 aromatic heterocycles. The molecule has 0 radical (unpaired) electrons. The Hall–Kier alpha value is -3.03. The van der Waals surface area contributed by atoms with Gasteiger partial charge >= 0.3 is 6.18 Å². The number of hydrogen-bond donors (Lipinski definition) is 1. The Labute approximate surface area is 166 Å². The van der Waals surface area contributed by atoms with Gasteiger partial charge in [0.2, 0.25) is 0 Å². The Balaban J connectivity index is 1.55. The summed E-state index contributed by atoms with van der Waals surface area (Å²) in [5.41, 5.74) is -0.134. The standard InChI is InChI=1S/C21H21F3N2O3/c1-29-18-5-3-2-4-17(18)20(28)26-12-10-16(11-13-26)25-19(27)14-6-8-15(9-7-14)21(22,23)24/h2-9,16H,10-13H2,1H3,(H,25,27). The van der Waals surface area contributed by atoms with Crippen LogP contribution in [0.2, 0.25) is 0 Å². The summed E-state index contributed by atoms with van der Waals surface area (Å²) in [4.78, 5) is 26.7. The lowest BCUT2D eigenvalue weighted by molar-refractivity contribution is -0.137. The number of alkyl halides is 3. The fourth-order valence-corrected chi connectivity index (χ4v) is 3.30. The van der Waals surface area contributed by atoms with Crippen LogP contribution in [0.15, 0.2) is 48.5 Å². The molecule has 3 rings (SSSR count). The molecule has 154 valence electrons. The van der Waals surface area contributed by atoms with Crippen LogP contribution in [0.25, 0.3) is 0 Å². The van der Waals surface area contributed by atoms with Gasteiger partial charge in [0.1, 0.15) is 5.75 Å². The maximum atomic E-state index is 12.7.